The topological polar surface area (TPSA) is 52.8 Å². The lowest BCUT2D eigenvalue weighted by Crippen LogP contribution is -2.30. The lowest BCUT2D eigenvalue weighted by Gasteiger charge is -2.26. The van der Waals surface area contributed by atoms with Crippen molar-refractivity contribution in [3.05, 3.63) is 24.2 Å². The number of hydrogen-bond donors (Lipinski definition) is 0. The molecule has 4 heteroatoms. The Morgan fingerprint density at radius 2 is 2.00 bits per heavy atom. The minimum atomic E-state index is 0.373. The third-order valence-electron chi connectivity index (χ3n) is 2.30. The van der Waals surface area contributed by atoms with Gasteiger partial charge >= 0.3 is 0 Å². The summed E-state index contributed by atoms with van der Waals surface area (Å²) < 4.78 is 0. The Hall–Kier alpha value is -1.63. The molecule has 0 saturated carbocycles. The first-order valence-corrected chi connectivity index (χ1v) is 4.70. The van der Waals surface area contributed by atoms with Gasteiger partial charge in [-0.2, -0.15) is 5.26 Å². The van der Waals surface area contributed by atoms with Crippen LogP contribution >= 0.6 is 0 Å². The predicted octanol–water partition coefficient (Wildman–Crippen LogP) is 1.15. The molecule has 0 amide bonds. The number of hydrogen-bond acceptors (Lipinski definition) is 4. The maximum Gasteiger partial charge on any atom is 0.163 e. The molecule has 0 atom stereocenters. The van der Waals surface area contributed by atoms with E-state index in [1.807, 2.05) is 12.1 Å². The summed E-state index contributed by atoms with van der Waals surface area (Å²) in [5.74, 6) is 0.872. The SMILES string of the molecule is N#Cc1ccc(N2CC[CH]CC2)nn1. The molecular weight excluding hydrogens is 176 g/mol. The van der Waals surface area contributed by atoms with Gasteiger partial charge in [0.2, 0.25) is 0 Å². The van der Waals surface area contributed by atoms with Gasteiger partial charge in [-0.15, -0.1) is 10.2 Å². The third kappa shape index (κ3) is 1.82. The highest BCUT2D eigenvalue weighted by Crippen LogP contribution is 2.15. The van der Waals surface area contributed by atoms with Crippen LogP contribution in [0.25, 0.3) is 0 Å². The third-order valence-corrected chi connectivity index (χ3v) is 2.30. The smallest absolute Gasteiger partial charge is 0.163 e. The lowest BCUT2D eigenvalue weighted by atomic mass is 10.1. The van der Waals surface area contributed by atoms with Crippen molar-refractivity contribution in [1.29, 1.82) is 5.26 Å². The second-order valence-electron chi connectivity index (χ2n) is 3.24. The van der Waals surface area contributed by atoms with Gasteiger partial charge in [-0.3, -0.25) is 0 Å². The molecule has 0 N–H and O–H groups in total. The van der Waals surface area contributed by atoms with Crippen molar-refractivity contribution in [3.63, 3.8) is 0 Å². The largest absolute Gasteiger partial charge is 0.355 e. The summed E-state index contributed by atoms with van der Waals surface area (Å²) in [5, 5.41) is 16.4. The zero-order valence-electron chi connectivity index (χ0n) is 7.85. The molecule has 1 aliphatic heterocycles. The van der Waals surface area contributed by atoms with Gasteiger partial charge in [0.15, 0.2) is 11.5 Å². The summed E-state index contributed by atoms with van der Waals surface area (Å²) in [4.78, 5) is 2.19. The van der Waals surface area contributed by atoms with Crippen molar-refractivity contribution in [1.82, 2.24) is 10.2 Å². The van der Waals surface area contributed by atoms with Crippen LogP contribution in [-0.4, -0.2) is 23.3 Å². The summed E-state index contributed by atoms with van der Waals surface area (Å²) in [6, 6.07) is 5.53. The van der Waals surface area contributed by atoms with E-state index in [2.05, 4.69) is 21.5 Å². The number of anilines is 1. The maximum absolute atomic E-state index is 8.57. The molecule has 4 nitrogen and oxygen atoms in total. The van der Waals surface area contributed by atoms with Crippen LogP contribution in [0.5, 0.6) is 0 Å². The van der Waals surface area contributed by atoms with Gasteiger partial charge < -0.3 is 4.90 Å². The van der Waals surface area contributed by atoms with E-state index in [9.17, 15) is 0 Å². The number of piperidine rings is 1. The molecule has 2 heterocycles. The number of aromatic nitrogens is 2. The van der Waals surface area contributed by atoms with Crippen molar-refractivity contribution in [2.24, 2.45) is 0 Å². The van der Waals surface area contributed by atoms with Crippen molar-refractivity contribution in [2.45, 2.75) is 12.8 Å². The van der Waals surface area contributed by atoms with E-state index >= 15 is 0 Å². The Bertz CT molecular complexity index is 332. The van der Waals surface area contributed by atoms with Crippen LogP contribution in [0.1, 0.15) is 18.5 Å². The van der Waals surface area contributed by atoms with Gasteiger partial charge in [-0.25, -0.2) is 0 Å². The van der Waals surface area contributed by atoms with E-state index in [-0.39, 0.29) is 0 Å². The van der Waals surface area contributed by atoms with E-state index in [4.69, 9.17) is 5.26 Å². The first kappa shape index (κ1) is 8.95. The molecule has 0 unspecified atom stereocenters. The van der Waals surface area contributed by atoms with E-state index in [1.54, 1.807) is 6.07 Å². The van der Waals surface area contributed by atoms with Gasteiger partial charge in [-0.05, 0) is 31.4 Å². The fourth-order valence-corrected chi connectivity index (χ4v) is 1.53. The standard InChI is InChI=1S/C10H11N4/c11-8-9-4-5-10(13-12-9)14-6-2-1-3-7-14/h1,4-5H,2-3,6-7H2. The average molecular weight is 187 g/mol. The second kappa shape index (κ2) is 4.05. The molecule has 0 aromatic carbocycles. The number of rotatable bonds is 1. The normalized spacial score (nSPS) is 16.4. The fraction of sp³-hybridized carbons (Fsp3) is 0.400. The summed E-state index contributed by atoms with van der Waals surface area (Å²) in [6.45, 7) is 2.00. The van der Waals surface area contributed by atoms with Crippen molar-refractivity contribution < 1.29 is 0 Å². The highest BCUT2D eigenvalue weighted by atomic mass is 15.3. The van der Waals surface area contributed by atoms with Gasteiger partial charge in [-0.1, -0.05) is 0 Å². The van der Waals surface area contributed by atoms with Gasteiger partial charge in [0.05, 0.1) is 0 Å². The molecular formula is C10H11N4. The van der Waals surface area contributed by atoms with Crippen LogP contribution in [0.2, 0.25) is 0 Å². The lowest BCUT2D eigenvalue weighted by molar-refractivity contribution is 0.665. The van der Waals surface area contributed by atoms with Crippen LogP contribution in [0.3, 0.4) is 0 Å². The summed E-state index contributed by atoms with van der Waals surface area (Å²) >= 11 is 0. The average Bonchev–Trinajstić information content (AvgIpc) is 2.30. The number of nitriles is 1. The Morgan fingerprint density at radius 3 is 2.57 bits per heavy atom. The monoisotopic (exact) mass is 187 g/mol. The molecule has 1 fully saturated rings. The minimum Gasteiger partial charge on any atom is -0.355 e. The predicted molar refractivity (Wildman–Crippen MR) is 52.5 cm³/mol. The van der Waals surface area contributed by atoms with Crippen molar-refractivity contribution in [3.8, 4) is 6.07 Å². The zero-order chi connectivity index (χ0) is 9.80. The van der Waals surface area contributed by atoms with E-state index in [0.29, 0.717) is 5.69 Å². The second-order valence-corrected chi connectivity index (χ2v) is 3.24. The molecule has 1 aromatic rings. The molecule has 0 spiro atoms. The molecule has 0 aliphatic carbocycles. The van der Waals surface area contributed by atoms with Crippen LogP contribution in [0, 0.1) is 17.8 Å². The Morgan fingerprint density at radius 1 is 1.21 bits per heavy atom. The quantitative estimate of drug-likeness (QED) is 0.661. The van der Waals surface area contributed by atoms with Gasteiger partial charge in [0.1, 0.15) is 6.07 Å². The Kier molecular flexibility index (Phi) is 2.59. The molecule has 14 heavy (non-hydrogen) atoms. The van der Waals surface area contributed by atoms with Crippen LogP contribution in [-0.2, 0) is 0 Å². The van der Waals surface area contributed by atoms with Gasteiger partial charge in [0, 0.05) is 13.1 Å². The Labute approximate surface area is 83.2 Å². The molecule has 1 aliphatic rings. The molecule has 1 saturated heterocycles. The summed E-state index contributed by atoms with van der Waals surface area (Å²) in [7, 11) is 0. The van der Waals surface area contributed by atoms with E-state index in [1.165, 1.54) is 0 Å². The van der Waals surface area contributed by atoms with Gasteiger partial charge in [0.25, 0.3) is 0 Å². The van der Waals surface area contributed by atoms with Crippen LogP contribution in [0.4, 0.5) is 5.82 Å². The Balaban J connectivity index is 2.12. The summed E-state index contributed by atoms with van der Waals surface area (Å²) in [5.41, 5.74) is 0.373. The fourth-order valence-electron chi connectivity index (χ4n) is 1.53. The molecule has 0 bridgehead atoms. The van der Waals surface area contributed by atoms with Crippen molar-refractivity contribution >= 4 is 5.82 Å². The molecule has 1 aromatic heterocycles. The highest BCUT2D eigenvalue weighted by Gasteiger charge is 2.12. The molecule has 1 radical (unpaired) electrons. The maximum atomic E-state index is 8.57. The number of nitrogens with zero attached hydrogens (tertiary/aromatic N) is 4. The highest BCUT2D eigenvalue weighted by molar-refractivity contribution is 5.39. The van der Waals surface area contributed by atoms with E-state index < -0.39 is 0 Å². The van der Waals surface area contributed by atoms with Crippen LogP contribution in [0.15, 0.2) is 12.1 Å². The summed E-state index contributed by atoms with van der Waals surface area (Å²) in [6.07, 6.45) is 4.48. The molecule has 71 valence electrons. The zero-order valence-corrected chi connectivity index (χ0v) is 7.85. The first-order chi connectivity index (χ1) is 6.90. The first-order valence-electron chi connectivity index (χ1n) is 4.70. The van der Waals surface area contributed by atoms with Crippen molar-refractivity contribution in [2.75, 3.05) is 18.0 Å². The molecule has 2 rings (SSSR count). The van der Waals surface area contributed by atoms with E-state index in [0.717, 1.165) is 31.7 Å². The minimum absolute atomic E-state index is 0.373. The van der Waals surface area contributed by atoms with Crippen LogP contribution < -0.4 is 4.90 Å².